The molecule has 0 aromatic heterocycles. The lowest BCUT2D eigenvalue weighted by Gasteiger charge is -2.46. The molecule has 1 aliphatic heterocycles. The lowest BCUT2D eigenvalue weighted by molar-refractivity contribution is -0.0703. The van der Waals surface area contributed by atoms with Crippen LogP contribution >= 0.6 is 0 Å². The number of ether oxygens (including phenoxy) is 1. The maximum atomic E-state index is 13.6. The number of aliphatic hydroxyl groups is 1. The summed E-state index contributed by atoms with van der Waals surface area (Å²) < 4.78 is 32.9. The number of aliphatic hydroxyl groups excluding tert-OH is 1. The van der Waals surface area contributed by atoms with Crippen molar-refractivity contribution in [3.8, 4) is 0 Å². The highest BCUT2D eigenvalue weighted by atomic mass is 32.2. The monoisotopic (exact) mass is 414 g/mol. The molecular weight excluding hydrogens is 372 g/mol. The molecule has 1 N–H and O–H groups in total. The molecule has 2 saturated carbocycles. The van der Waals surface area contributed by atoms with E-state index in [-0.39, 0.29) is 28.9 Å². The lowest BCUT2D eigenvalue weighted by atomic mass is 9.61. The fourth-order valence-electron chi connectivity index (χ4n) is 6.78. The summed E-state index contributed by atoms with van der Waals surface area (Å²) in [5.41, 5.74) is -0.475. The van der Waals surface area contributed by atoms with Gasteiger partial charge >= 0.3 is 0 Å². The van der Waals surface area contributed by atoms with Crippen molar-refractivity contribution in [3.63, 3.8) is 0 Å². The van der Waals surface area contributed by atoms with E-state index < -0.39 is 21.4 Å². The molecule has 0 aromatic carbocycles. The Labute approximate surface area is 172 Å². The van der Waals surface area contributed by atoms with E-state index in [9.17, 15) is 13.5 Å². The van der Waals surface area contributed by atoms with Gasteiger partial charge in [-0.2, -0.15) is 0 Å². The summed E-state index contributed by atoms with van der Waals surface area (Å²) in [6.07, 6.45) is 11.7. The summed E-state index contributed by atoms with van der Waals surface area (Å²) >= 11 is 0. The van der Waals surface area contributed by atoms with Gasteiger partial charge in [0.1, 0.15) is 0 Å². The van der Waals surface area contributed by atoms with E-state index in [0.717, 1.165) is 51.4 Å². The van der Waals surface area contributed by atoms with Crippen LogP contribution < -0.4 is 0 Å². The van der Waals surface area contributed by atoms with Crippen LogP contribution in [-0.2, 0) is 14.6 Å². The number of hydrogen-bond acceptors (Lipinski definition) is 4. The molecule has 4 unspecified atom stereocenters. The third-order valence-electron chi connectivity index (χ3n) is 8.49. The van der Waals surface area contributed by atoms with E-state index in [4.69, 9.17) is 4.74 Å². The second-order valence-corrected chi connectivity index (χ2v) is 12.1. The number of fused-ring (bicyclic) bond motifs is 1. The van der Waals surface area contributed by atoms with Gasteiger partial charge in [0, 0.05) is 12.5 Å². The average molecular weight is 415 g/mol. The molecule has 0 spiro atoms. The number of hydrogen-bond donors (Lipinski definition) is 1. The van der Waals surface area contributed by atoms with Gasteiger partial charge in [0.05, 0.1) is 23.2 Å². The maximum Gasteiger partial charge on any atom is 0.154 e. The Morgan fingerprint density at radius 1 is 1.07 bits per heavy atom. The van der Waals surface area contributed by atoms with Crippen molar-refractivity contribution in [1.82, 2.24) is 0 Å². The fourth-order valence-corrected chi connectivity index (χ4v) is 9.67. The van der Waals surface area contributed by atoms with Crippen molar-refractivity contribution in [2.45, 2.75) is 108 Å². The predicted molar refractivity (Wildman–Crippen MR) is 114 cm³/mol. The summed E-state index contributed by atoms with van der Waals surface area (Å²) in [6.45, 7) is 4.25. The Morgan fingerprint density at radius 2 is 1.79 bits per heavy atom. The fraction of sp³-hybridized carbons (Fsp3) is 1.00. The van der Waals surface area contributed by atoms with E-state index in [1.165, 1.54) is 19.3 Å². The van der Waals surface area contributed by atoms with Gasteiger partial charge in [-0.05, 0) is 49.9 Å². The van der Waals surface area contributed by atoms with Crippen LogP contribution in [0.1, 0.15) is 90.9 Å². The van der Waals surface area contributed by atoms with Gasteiger partial charge in [0.2, 0.25) is 0 Å². The van der Waals surface area contributed by atoms with Gasteiger partial charge in [0.15, 0.2) is 9.84 Å². The molecule has 3 aliphatic rings. The first-order chi connectivity index (χ1) is 13.4. The Morgan fingerprint density at radius 3 is 2.39 bits per heavy atom. The maximum absolute atomic E-state index is 13.6. The third kappa shape index (κ3) is 4.32. The molecule has 5 heteroatoms. The van der Waals surface area contributed by atoms with Gasteiger partial charge in [-0.3, -0.25) is 0 Å². The number of methoxy groups -OCH3 is 1. The van der Waals surface area contributed by atoms with Gasteiger partial charge in [-0.25, -0.2) is 8.42 Å². The Balaban J connectivity index is 2.03. The molecule has 4 nitrogen and oxygen atoms in total. The molecule has 0 amide bonds. The number of unbranched alkanes of at least 4 members (excludes halogenated alkanes) is 1. The van der Waals surface area contributed by atoms with Crippen LogP contribution in [0.2, 0.25) is 0 Å². The minimum atomic E-state index is -3.26. The highest BCUT2D eigenvalue weighted by Gasteiger charge is 2.56. The molecule has 0 aromatic rings. The number of rotatable bonds is 6. The first-order valence-corrected chi connectivity index (χ1v) is 13.5. The lowest BCUT2D eigenvalue weighted by Crippen LogP contribution is -2.48. The van der Waals surface area contributed by atoms with Crippen molar-refractivity contribution in [1.29, 1.82) is 0 Å². The Kier molecular flexibility index (Phi) is 7.53. The smallest absolute Gasteiger partial charge is 0.154 e. The van der Waals surface area contributed by atoms with E-state index in [1.54, 1.807) is 7.11 Å². The molecule has 3 fully saturated rings. The van der Waals surface area contributed by atoms with Crippen LogP contribution in [0.5, 0.6) is 0 Å². The van der Waals surface area contributed by atoms with Crippen molar-refractivity contribution in [2.75, 3.05) is 12.9 Å². The molecule has 28 heavy (non-hydrogen) atoms. The first-order valence-electron chi connectivity index (χ1n) is 11.8. The molecule has 1 saturated heterocycles. The molecular formula is C23H42O4S. The minimum Gasteiger partial charge on any atom is -0.392 e. The van der Waals surface area contributed by atoms with E-state index >= 15 is 0 Å². The molecule has 2 aliphatic carbocycles. The zero-order chi connectivity index (χ0) is 20.4. The molecule has 6 atom stereocenters. The second kappa shape index (κ2) is 9.34. The van der Waals surface area contributed by atoms with Gasteiger partial charge < -0.3 is 9.84 Å². The molecule has 164 valence electrons. The summed E-state index contributed by atoms with van der Waals surface area (Å²) in [7, 11) is -1.55. The Bertz CT molecular complexity index is 598. The summed E-state index contributed by atoms with van der Waals surface area (Å²) in [4.78, 5) is 0. The van der Waals surface area contributed by atoms with Crippen molar-refractivity contribution in [2.24, 2.45) is 23.2 Å². The van der Waals surface area contributed by atoms with Crippen LogP contribution in [0.15, 0.2) is 0 Å². The minimum absolute atomic E-state index is 0.0462. The number of sulfone groups is 1. The highest BCUT2D eigenvalue weighted by Crippen LogP contribution is 2.53. The SMILES string of the molecule is CCCC[C@]1(CC)CS(=O)(=O)C2CC(OC)CCC2[C@H](C2CCCCC2)C1O. The summed E-state index contributed by atoms with van der Waals surface area (Å²) in [6, 6.07) is 0. The van der Waals surface area contributed by atoms with Crippen LogP contribution in [-0.4, -0.2) is 43.8 Å². The third-order valence-corrected chi connectivity index (χ3v) is 10.9. The standard InChI is InChI=1S/C23H42O4S/c1-4-6-14-23(5-2)16-28(25,26)20-15-18(27-3)12-13-19(20)21(22(23)24)17-10-8-7-9-11-17/h17-22,24H,4-16H2,1-3H3/t18?,19?,20?,21-,22?,23+/m0/s1. The second-order valence-electron chi connectivity index (χ2n) is 9.92. The van der Waals surface area contributed by atoms with Crippen LogP contribution in [0.4, 0.5) is 0 Å². The zero-order valence-electron chi connectivity index (χ0n) is 18.2. The zero-order valence-corrected chi connectivity index (χ0v) is 19.1. The van der Waals surface area contributed by atoms with Crippen molar-refractivity contribution < 1.29 is 18.3 Å². The average Bonchev–Trinajstić information content (AvgIpc) is 2.78. The van der Waals surface area contributed by atoms with E-state index in [1.807, 2.05) is 0 Å². The van der Waals surface area contributed by atoms with Crippen LogP contribution in [0.3, 0.4) is 0 Å². The van der Waals surface area contributed by atoms with E-state index in [2.05, 4.69) is 13.8 Å². The van der Waals surface area contributed by atoms with Crippen LogP contribution in [0.25, 0.3) is 0 Å². The van der Waals surface area contributed by atoms with Crippen molar-refractivity contribution in [3.05, 3.63) is 0 Å². The topological polar surface area (TPSA) is 63.6 Å². The molecule has 0 bridgehead atoms. The predicted octanol–water partition coefficient (Wildman–Crippen LogP) is 4.74. The first kappa shape index (κ1) is 22.6. The Hall–Kier alpha value is -0.130. The molecule has 3 rings (SSSR count). The van der Waals surface area contributed by atoms with Gasteiger partial charge in [-0.1, -0.05) is 58.8 Å². The molecule has 0 radical (unpaired) electrons. The summed E-state index contributed by atoms with van der Waals surface area (Å²) in [5, 5.41) is 11.5. The normalized spacial score (nSPS) is 41.9. The summed E-state index contributed by atoms with van der Waals surface area (Å²) in [5.74, 6) is 0.885. The highest BCUT2D eigenvalue weighted by molar-refractivity contribution is 7.92. The van der Waals surface area contributed by atoms with Gasteiger partial charge in [-0.15, -0.1) is 0 Å². The molecule has 1 heterocycles. The van der Waals surface area contributed by atoms with Gasteiger partial charge in [0.25, 0.3) is 0 Å². The quantitative estimate of drug-likeness (QED) is 0.682. The van der Waals surface area contributed by atoms with E-state index in [0.29, 0.717) is 12.3 Å². The van der Waals surface area contributed by atoms with Crippen molar-refractivity contribution >= 4 is 9.84 Å². The largest absolute Gasteiger partial charge is 0.392 e. The van der Waals surface area contributed by atoms with Crippen LogP contribution in [0, 0.1) is 23.2 Å².